The summed E-state index contributed by atoms with van der Waals surface area (Å²) in [7, 11) is -2.35. The van der Waals surface area contributed by atoms with Crippen LogP contribution in [0.4, 0.5) is 5.69 Å². The Labute approximate surface area is 229 Å². The maximum absolute atomic E-state index is 14.0. The first-order valence-corrected chi connectivity index (χ1v) is 14.5. The van der Waals surface area contributed by atoms with Gasteiger partial charge in [0.2, 0.25) is 21.8 Å². The van der Waals surface area contributed by atoms with Gasteiger partial charge in [-0.05, 0) is 30.2 Å². The number of nitrogens with one attached hydrogen (secondary N) is 1. The van der Waals surface area contributed by atoms with Crippen LogP contribution in [-0.4, -0.2) is 64.2 Å². The topological polar surface area (TPSA) is 105 Å². The quantitative estimate of drug-likeness (QED) is 0.416. The van der Waals surface area contributed by atoms with Crippen molar-refractivity contribution in [1.29, 1.82) is 0 Å². The lowest BCUT2D eigenvalue weighted by Gasteiger charge is -2.33. The highest BCUT2D eigenvalue weighted by atomic mass is 32.2. The maximum Gasteiger partial charge on any atom is 0.244 e. The van der Waals surface area contributed by atoms with E-state index >= 15 is 0 Å². The summed E-state index contributed by atoms with van der Waals surface area (Å²) < 4.78 is 38.0. The van der Waals surface area contributed by atoms with Gasteiger partial charge in [0.05, 0.1) is 11.9 Å². The number of rotatable bonds is 10. The molecule has 10 heteroatoms. The number of fused-ring (bicyclic) bond motifs is 1. The normalized spacial score (nSPS) is 13.3. The summed E-state index contributed by atoms with van der Waals surface area (Å²) >= 11 is 0. The van der Waals surface area contributed by atoms with Crippen molar-refractivity contribution in [1.82, 2.24) is 10.2 Å². The van der Waals surface area contributed by atoms with E-state index in [1.54, 1.807) is 18.2 Å². The molecule has 0 radical (unpaired) electrons. The van der Waals surface area contributed by atoms with Gasteiger partial charge in [0.1, 0.15) is 25.8 Å². The van der Waals surface area contributed by atoms with Crippen LogP contribution in [0.2, 0.25) is 0 Å². The van der Waals surface area contributed by atoms with Crippen LogP contribution in [0, 0.1) is 6.92 Å². The van der Waals surface area contributed by atoms with Crippen LogP contribution in [0.3, 0.4) is 0 Å². The van der Waals surface area contributed by atoms with E-state index in [2.05, 4.69) is 5.32 Å². The second-order valence-corrected chi connectivity index (χ2v) is 11.3. The van der Waals surface area contributed by atoms with Crippen molar-refractivity contribution in [3.63, 3.8) is 0 Å². The summed E-state index contributed by atoms with van der Waals surface area (Å²) in [6.45, 7) is 2.34. The van der Waals surface area contributed by atoms with Gasteiger partial charge in [0.25, 0.3) is 0 Å². The Morgan fingerprint density at radius 3 is 2.23 bits per heavy atom. The Hall–Kier alpha value is -4.05. The zero-order valence-electron chi connectivity index (χ0n) is 22.3. The van der Waals surface area contributed by atoms with E-state index in [-0.39, 0.29) is 24.6 Å². The van der Waals surface area contributed by atoms with Crippen LogP contribution in [0.1, 0.15) is 16.7 Å². The van der Waals surface area contributed by atoms with Gasteiger partial charge in [-0.1, -0.05) is 60.2 Å². The van der Waals surface area contributed by atoms with Gasteiger partial charge in [0, 0.05) is 26.1 Å². The van der Waals surface area contributed by atoms with Crippen molar-refractivity contribution in [3.05, 3.63) is 89.5 Å². The lowest BCUT2D eigenvalue weighted by molar-refractivity contribution is -0.139. The highest BCUT2D eigenvalue weighted by Gasteiger charge is 2.33. The van der Waals surface area contributed by atoms with Gasteiger partial charge in [-0.3, -0.25) is 13.9 Å². The molecule has 1 aliphatic heterocycles. The standard InChI is InChI=1S/C29H33N3O6S/c1-21-9-11-23(12-10-21)19-31(25(29(34)30-2)17-22-7-5-4-6-8-22)28(33)20-32(39(3,35)36)24-13-14-26-27(18-24)38-16-15-37-26/h4-14,18,25H,15-17,19-20H2,1-3H3,(H,30,34). The second kappa shape index (κ2) is 12.2. The fraction of sp³-hybridized carbons (Fsp3) is 0.310. The average Bonchev–Trinajstić information content (AvgIpc) is 2.93. The Balaban J connectivity index is 1.70. The molecule has 1 N–H and O–H groups in total. The molecule has 1 heterocycles. The molecule has 0 fully saturated rings. The molecule has 4 rings (SSSR count). The molecule has 3 aromatic carbocycles. The molecule has 0 saturated carbocycles. The molecule has 0 spiro atoms. The molecule has 206 valence electrons. The minimum Gasteiger partial charge on any atom is -0.486 e. The number of carbonyl (C=O) groups excluding carboxylic acids is 2. The molecule has 1 aliphatic rings. The summed E-state index contributed by atoms with van der Waals surface area (Å²) in [4.78, 5) is 28.6. The monoisotopic (exact) mass is 551 g/mol. The van der Waals surface area contributed by atoms with Crippen molar-refractivity contribution in [2.75, 3.05) is 37.4 Å². The van der Waals surface area contributed by atoms with Gasteiger partial charge >= 0.3 is 0 Å². The van der Waals surface area contributed by atoms with Crippen molar-refractivity contribution >= 4 is 27.5 Å². The van der Waals surface area contributed by atoms with Gasteiger partial charge < -0.3 is 19.7 Å². The number of anilines is 1. The number of sulfonamides is 1. The highest BCUT2D eigenvalue weighted by molar-refractivity contribution is 7.92. The highest BCUT2D eigenvalue weighted by Crippen LogP contribution is 2.34. The Morgan fingerprint density at radius 2 is 1.59 bits per heavy atom. The van der Waals surface area contributed by atoms with E-state index in [0.29, 0.717) is 24.7 Å². The number of hydrogen-bond donors (Lipinski definition) is 1. The number of nitrogens with zero attached hydrogens (tertiary/aromatic N) is 2. The van der Waals surface area contributed by atoms with Gasteiger partial charge in [-0.25, -0.2) is 8.42 Å². The van der Waals surface area contributed by atoms with Crippen LogP contribution in [-0.2, 0) is 32.6 Å². The molecule has 0 aliphatic carbocycles. The first-order chi connectivity index (χ1) is 18.7. The molecule has 0 aromatic heterocycles. The number of carbonyl (C=O) groups is 2. The third-order valence-corrected chi connectivity index (χ3v) is 7.62. The fourth-order valence-corrected chi connectivity index (χ4v) is 5.25. The average molecular weight is 552 g/mol. The Kier molecular flexibility index (Phi) is 8.75. The van der Waals surface area contributed by atoms with E-state index in [4.69, 9.17) is 9.47 Å². The summed E-state index contributed by atoms with van der Waals surface area (Å²) in [5.41, 5.74) is 3.02. The maximum atomic E-state index is 14.0. The molecule has 0 saturated heterocycles. The number of likely N-dealkylation sites (N-methyl/N-ethyl adjacent to an activating group) is 1. The first-order valence-electron chi connectivity index (χ1n) is 12.6. The van der Waals surface area contributed by atoms with Gasteiger partial charge in [-0.15, -0.1) is 0 Å². The number of amides is 2. The van der Waals surface area contributed by atoms with E-state index in [0.717, 1.165) is 27.3 Å². The molecule has 1 unspecified atom stereocenters. The van der Waals surface area contributed by atoms with Crippen molar-refractivity contribution in [3.8, 4) is 11.5 Å². The van der Waals surface area contributed by atoms with Crippen LogP contribution < -0.4 is 19.1 Å². The minimum atomic E-state index is -3.87. The summed E-state index contributed by atoms with van der Waals surface area (Å²) in [5, 5.41) is 2.67. The number of ether oxygens (including phenoxy) is 2. The predicted octanol–water partition coefficient (Wildman–Crippen LogP) is 2.92. The lowest BCUT2D eigenvalue weighted by atomic mass is 10.0. The van der Waals surface area contributed by atoms with Gasteiger partial charge in [-0.2, -0.15) is 0 Å². The predicted molar refractivity (Wildman–Crippen MR) is 149 cm³/mol. The summed E-state index contributed by atoms with van der Waals surface area (Å²) in [6, 6.07) is 20.9. The molecule has 1 atom stereocenters. The number of hydrogen-bond acceptors (Lipinski definition) is 6. The zero-order chi connectivity index (χ0) is 28.0. The van der Waals surface area contributed by atoms with E-state index < -0.39 is 28.5 Å². The number of aryl methyl sites for hydroxylation is 1. The third kappa shape index (κ3) is 7.08. The number of benzene rings is 3. The Morgan fingerprint density at radius 1 is 0.923 bits per heavy atom. The van der Waals surface area contributed by atoms with E-state index in [1.807, 2.05) is 61.5 Å². The molecule has 2 amide bonds. The molecule has 0 bridgehead atoms. The Bertz CT molecular complexity index is 1410. The lowest BCUT2D eigenvalue weighted by Crippen LogP contribution is -2.52. The molecule has 3 aromatic rings. The van der Waals surface area contributed by atoms with Crippen molar-refractivity contribution < 1.29 is 27.5 Å². The van der Waals surface area contributed by atoms with Crippen LogP contribution in [0.5, 0.6) is 11.5 Å². The first kappa shape index (κ1) is 28.0. The SMILES string of the molecule is CNC(=O)C(Cc1ccccc1)N(Cc1ccc(C)cc1)C(=O)CN(c1ccc2c(c1)OCCO2)S(C)(=O)=O. The van der Waals surface area contributed by atoms with Crippen LogP contribution >= 0.6 is 0 Å². The zero-order valence-corrected chi connectivity index (χ0v) is 23.1. The summed E-state index contributed by atoms with van der Waals surface area (Å²) in [6.07, 6.45) is 1.31. The molecular weight excluding hydrogens is 518 g/mol. The summed E-state index contributed by atoms with van der Waals surface area (Å²) in [5.74, 6) is 0.0574. The fourth-order valence-electron chi connectivity index (χ4n) is 4.41. The van der Waals surface area contributed by atoms with E-state index in [9.17, 15) is 18.0 Å². The van der Waals surface area contributed by atoms with Crippen molar-refractivity contribution in [2.24, 2.45) is 0 Å². The van der Waals surface area contributed by atoms with Crippen LogP contribution in [0.15, 0.2) is 72.8 Å². The molecule has 9 nitrogen and oxygen atoms in total. The smallest absolute Gasteiger partial charge is 0.244 e. The van der Waals surface area contributed by atoms with Crippen LogP contribution in [0.25, 0.3) is 0 Å². The van der Waals surface area contributed by atoms with Gasteiger partial charge in [0.15, 0.2) is 11.5 Å². The minimum absolute atomic E-state index is 0.128. The van der Waals surface area contributed by atoms with Crippen molar-refractivity contribution in [2.45, 2.75) is 25.9 Å². The molecule has 39 heavy (non-hydrogen) atoms. The second-order valence-electron chi connectivity index (χ2n) is 9.42. The third-order valence-electron chi connectivity index (χ3n) is 6.48. The van der Waals surface area contributed by atoms with E-state index in [1.165, 1.54) is 11.9 Å². The largest absolute Gasteiger partial charge is 0.486 e. The molecular formula is C29H33N3O6S.